The number of rotatable bonds is 4. The Bertz CT molecular complexity index is 613. The first-order valence-electron chi connectivity index (χ1n) is 7.54. The summed E-state index contributed by atoms with van der Waals surface area (Å²) in [6.45, 7) is 6.11. The number of fused-ring (bicyclic) bond motifs is 1. The zero-order chi connectivity index (χ0) is 14.7. The highest BCUT2D eigenvalue weighted by molar-refractivity contribution is 5.45. The van der Waals surface area contributed by atoms with Gasteiger partial charge in [-0.2, -0.15) is 10.1 Å². The van der Waals surface area contributed by atoms with E-state index in [4.69, 9.17) is 0 Å². The van der Waals surface area contributed by atoms with Crippen molar-refractivity contribution in [3.05, 3.63) is 41.6 Å². The average Bonchev–Trinajstić information content (AvgIpc) is 2.54. The maximum Gasteiger partial charge on any atom is 0.244 e. The van der Waals surface area contributed by atoms with Crippen LogP contribution in [0, 0.1) is 0 Å². The van der Waals surface area contributed by atoms with Gasteiger partial charge in [-0.1, -0.05) is 31.2 Å². The minimum Gasteiger partial charge on any atom is -0.350 e. The predicted molar refractivity (Wildman–Crippen MR) is 84.4 cm³/mol. The first-order valence-corrected chi connectivity index (χ1v) is 7.54. The molecule has 0 saturated carbocycles. The van der Waals surface area contributed by atoms with Crippen LogP contribution in [0.1, 0.15) is 31.4 Å². The zero-order valence-corrected chi connectivity index (χ0v) is 12.6. The van der Waals surface area contributed by atoms with Crippen LogP contribution in [0.2, 0.25) is 0 Å². The van der Waals surface area contributed by atoms with E-state index in [2.05, 4.69) is 63.5 Å². The van der Waals surface area contributed by atoms with Crippen molar-refractivity contribution in [3.8, 4) is 0 Å². The van der Waals surface area contributed by atoms with Crippen LogP contribution in [-0.4, -0.2) is 27.8 Å². The molecule has 0 spiro atoms. The second kappa shape index (κ2) is 6.08. The van der Waals surface area contributed by atoms with Crippen LogP contribution in [0.3, 0.4) is 0 Å². The summed E-state index contributed by atoms with van der Waals surface area (Å²) in [4.78, 5) is 6.86. The molecule has 0 bridgehead atoms. The molecule has 1 aromatic heterocycles. The van der Waals surface area contributed by atoms with Crippen LogP contribution in [0.15, 0.2) is 30.5 Å². The van der Waals surface area contributed by atoms with E-state index in [0.717, 1.165) is 31.7 Å². The SMILES string of the molecule is CCC(C)Nc1nncc(N2CCc3ccccc3C2)n1. The average molecular weight is 283 g/mol. The highest BCUT2D eigenvalue weighted by Crippen LogP contribution is 2.22. The van der Waals surface area contributed by atoms with Gasteiger partial charge in [0, 0.05) is 19.1 Å². The Labute approximate surface area is 125 Å². The fourth-order valence-electron chi connectivity index (χ4n) is 2.52. The summed E-state index contributed by atoms with van der Waals surface area (Å²) in [5.41, 5.74) is 2.81. The molecule has 2 heterocycles. The van der Waals surface area contributed by atoms with Crippen molar-refractivity contribution in [1.29, 1.82) is 0 Å². The molecule has 1 atom stereocenters. The largest absolute Gasteiger partial charge is 0.350 e. The number of hydrogen-bond donors (Lipinski definition) is 1. The standard InChI is InChI=1S/C16H21N5/c1-3-12(2)18-16-19-15(10-17-20-16)21-9-8-13-6-4-5-7-14(13)11-21/h4-7,10,12H,3,8-9,11H2,1-2H3,(H,18,19,20). The van der Waals surface area contributed by atoms with Crippen LogP contribution >= 0.6 is 0 Å². The molecule has 5 heteroatoms. The molecule has 1 unspecified atom stereocenters. The quantitative estimate of drug-likeness (QED) is 0.935. The second-order valence-electron chi connectivity index (χ2n) is 5.53. The van der Waals surface area contributed by atoms with Crippen molar-refractivity contribution in [2.45, 2.75) is 39.3 Å². The summed E-state index contributed by atoms with van der Waals surface area (Å²) in [5, 5.41) is 11.4. The van der Waals surface area contributed by atoms with E-state index in [1.165, 1.54) is 11.1 Å². The molecule has 0 saturated heterocycles. The molecule has 1 aromatic carbocycles. The summed E-state index contributed by atoms with van der Waals surface area (Å²) in [6, 6.07) is 8.95. The number of aromatic nitrogens is 3. The highest BCUT2D eigenvalue weighted by Gasteiger charge is 2.18. The number of hydrogen-bond acceptors (Lipinski definition) is 5. The molecule has 110 valence electrons. The molecule has 2 aromatic rings. The van der Waals surface area contributed by atoms with E-state index < -0.39 is 0 Å². The Morgan fingerprint density at radius 1 is 1.29 bits per heavy atom. The molecule has 0 radical (unpaired) electrons. The van der Waals surface area contributed by atoms with E-state index in [0.29, 0.717) is 12.0 Å². The van der Waals surface area contributed by atoms with Gasteiger partial charge >= 0.3 is 0 Å². The van der Waals surface area contributed by atoms with Gasteiger partial charge in [-0.25, -0.2) is 0 Å². The lowest BCUT2D eigenvalue weighted by molar-refractivity contribution is 0.707. The molecule has 3 rings (SSSR count). The van der Waals surface area contributed by atoms with Gasteiger partial charge in [0.25, 0.3) is 0 Å². The van der Waals surface area contributed by atoms with E-state index >= 15 is 0 Å². The van der Waals surface area contributed by atoms with Crippen molar-refractivity contribution >= 4 is 11.8 Å². The molecular weight excluding hydrogens is 262 g/mol. The summed E-state index contributed by atoms with van der Waals surface area (Å²) in [5.74, 6) is 1.51. The molecule has 5 nitrogen and oxygen atoms in total. The highest BCUT2D eigenvalue weighted by atomic mass is 15.3. The minimum absolute atomic E-state index is 0.351. The minimum atomic E-state index is 0.351. The van der Waals surface area contributed by atoms with Gasteiger partial charge in [0.2, 0.25) is 5.95 Å². The monoisotopic (exact) mass is 283 g/mol. The summed E-state index contributed by atoms with van der Waals surface area (Å²) in [6.07, 6.45) is 3.83. The smallest absolute Gasteiger partial charge is 0.244 e. The Balaban J connectivity index is 1.77. The topological polar surface area (TPSA) is 53.9 Å². The fourth-order valence-corrected chi connectivity index (χ4v) is 2.52. The maximum atomic E-state index is 4.60. The summed E-state index contributed by atoms with van der Waals surface area (Å²) in [7, 11) is 0. The van der Waals surface area contributed by atoms with Crippen LogP contribution in [-0.2, 0) is 13.0 Å². The van der Waals surface area contributed by atoms with E-state index in [1.807, 2.05) is 0 Å². The zero-order valence-electron chi connectivity index (χ0n) is 12.6. The lowest BCUT2D eigenvalue weighted by Crippen LogP contribution is -2.31. The van der Waals surface area contributed by atoms with Gasteiger partial charge in [0.15, 0.2) is 5.82 Å². The van der Waals surface area contributed by atoms with Crippen molar-refractivity contribution in [3.63, 3.8) is 0 Å². The normalized spacial score (nSPS) is 15.4. The first-order chi connectivity index (χ1) is 10.3. The van der Waals surface area contributed by atoms with Crippen LogP contribution in [0.4, 0.5) is 11.8 Å². The lowest BCUT2D eigenvalue weighted by Gasteiger charge is -2.29. The number of benzene rings is 1. The van der Waals surface area contributed by atoms with Crippen molar-refractivity contribution in [1.82, 2.24) is 15.2 Å². The number of anilines is 2. The maximum absolute atomic E-state index is 4.60. The molecule has 21 heavy (non-hydrogen) atoms. The van der Waals surface area contributed by atoms with E-state index in [1.54, 1.807) is 6.20 Å². The molecule has 1 aliphatic rings. The molecular formula is C16H21N5. The Morgan fingerprint density at radius 3 is 2.90 bits per heavy atom. The van der Waals surface area contributed by atoms with Gasteiger partial charge in [-0.05, 0) is 30.9 Å². The summed E-state index contributed by atoms with van der Waals surface area (Å²) < 4.78 is 0. The molecule has 1 N–H and O–H groups in total. The van der Waals surface area contributed by atoms with Crippen molar-refractivity contribution in [2.75, 3.05) is 16.8 Å². The number of nitrogens with zero attached hydrogens (tertiary/aromatic N) is 4. The molecule has 0 fully saturated rings. The van der Waals surface area contributed by atoms with E-state index in [-0.39, 0.29) is 0 Å². The van der Waals surface area contributed by atoms with Gasteiger partial charge in [-0.3, -0.25) is 0 Å². The Kier molecular flexibility index (Phi) is 3.99. The van der Waals surface area contributed by atoms with Crippen LogP contribution in [0.5, 0.6) is 0 Å². The predicted octanol–water partition coefficient (Wildman–Crippen LogP) is 2.64. The van der Waals surface area contributed by atoms with E-state index in [9.17, 15) is 0 Å². The van der Waals surface area contributed by atoms with Crippen LogP contribution < -0.4 is 10.2 Å². The van der Waals surface area contributed by atoms with Gasteiger partial charge in [0.05, 0.1) is 6.20 Å². The molecule has 1 aliphatic heterocycles. The first kappa shape index (κ1) is 13.8. The Morgan fingerprint density at radius 2 is 2.10 bits per heavy atom. The van der Waals surface area contributed by atoms with Crippen LogP contribution in [0.25, 0.3) is 0 Å². The fraction of sp³-hybridized carbons (Fsp3) is 0.438. The van der Waals surface area contributed by atoms with Gasteiger partial charge in [0.1, 0.15) is 0 Å². The third-order valence-electron chi connectivity index (χ3n) is 3.99. The molecule has 0 amide bonds. The molecule has 0 aliphatic carbocycles. The second-order valence-corrected chi connectivity index (χ2v) is 5.53. The summed E-state index contributed by atoms with van der Waals surface area (Å²) >= 11 is 0. The van der Waals surface area contributed by atoms with Gasteiger partial charge < -0.3 is 10.2 Å². The Hall–Kier alpha value is -2.17. The number of nitrogens with one attached hydrogen (secondary N) is 1. The van der Waals surface area contributed by atoms with Crippen molar-refractivity contribution < 1.29 is 0 Å². The lowest BCUT2D eigenvalue weighted by atomic mass is 10.0. The third kappa shape index (κ3) is 3.12. The third-order valence-corrected chi connectivity index (χ3v) is 3.99. The van der Waals surface area contributed by atoms with Crippen molar-refractivity contribution in [2.24, 2.45) is 0 Å². The van der Waals surface area contributed by atoms with Gasteiger partial charge in [-0.15, -0.1) is 5.10 Å².